The molecule has 4 rings (SSSR count). The molecule has 27 heavy (non-hydrogen) atoms. The van der Waals surface area contributed by atoms with E-state index in [0.29, 0.717) is 0 Å². The van der Waals surface area contributed by atoms with Crippen LogP contribution >= 0.6 is 11.3 Å². The highest BCUT2D eigenvalue weighted by Gasteiger charge is 2.14. The Balaban J connectivity index is 1.59. The normalized spacial score (nSPS) is 10.9. The van der Waals surface area contributed by atoms with Crippen molar-refractivity contribution in [2.75, 3.05) is 10.6 Å². The topological polar surface area (TPSA) is 71.3 Å². The third-order valence-electron chi connectivity index (χ3n) is 4.16. The zero-order chi connectivity index (χ0) is 19.0. The van der Waals surface area contributed by atoms with Crippen molar-refractivity contribution >= 4 is 39.4 Å². The molecule has 1 aromatic carbocycles. The second kappa shape index (κ2) is 6.85. The standard InChI is InChI=1S/C20H19N5OS/c1-12-8-9-25-18(10-12)21-13(2)19(25)17-11-27-20(24-17)23-16-6-4-15(5-7-16)22-14(3)26/h4-11H,1-3H3,(H,22,26)(H,23,24). The fourth-order valence-corrected chi connectivity index (χ4v) is 3.69. The van der Waals surface area contributed by atoms with Gasteiger partial charge in [-0.05, 0) is 55.8 Å². The van der Waals surface area contributed by atoms with Gasteiger partial charge in [0.15, 0.2) is 5.13 Å². The Bertz CT molecular complexity index is 1130. The van der Waals surface area contributed by atoms with Crippen LogP contribution < -0.4 is 10.6 Å². The summed E-state index contributed by atoms with van der Waals surface area (Å²) in [4.78, 5) is 20.5. The largest absolute Gasteiger partial charge is 0.332 e. The van der Waals surface area contributed by atoms with E-state index in [9.17, 15) is 4.79 Å². The maximum absolute atomic E-state index is 11.1. The van der Waals surface area contributed by atoms with Gasteiger partial charge in [0.05, 0.1) is 11.4 Å². The summed E-state index contributed by atoms with van der Waals surface area (Å²) in [5.41, 5.74) is 6.65. The Hall–Kier alpha value is -3.19. The molecule has 7 heteroatoms. The molecule has 6 nitrogen and oxygen atoms in total. The van der Waals surface area contributed by atoms with Gasteiger partial charge in [-0.15, -0.1) is 11.3 Å². The minimum Gasteiger partial charge on any atom is -0.332 e. The molecule has 0 aliphatic heterocycles. The van der Waals surface area contributed by atoms with Crippen molar-refractivity contribution in [3.63, 3.8) is 0 Å². The lowest BCUT2D eigenvalue weighted by Gasteiger charge is -2.05. The van der Waals surface area contributed by atoms with Crippen LogP contribution in [0.3, 0.4) is 0 Å². The molecule has 4 aromatic rings. The predicted molar refractivity (Wildman–Crippen MR) is 110 cm³/mol. The summed E-state index contributed by atoms with van der Waals surface area (Å²) in [5, 5.41) is 8.90. The van der Waals surface area contributed by atoms with E-state index in [1.807, 2.05) is 42.8 Å². The van der Waals surface area contributed by atoms with Crippen LogP contribution in [0.5, 0.6) is 0 Å². The van der Waals surface area contributed by atoms with Crippen molar-refractivity contribution in [2.24, 2.45) is 0 Å². The van der Waals surface area contributed by atoms with Crippen LogP contribution in [-0.2, 0) is 4.79 Å². The van der Waals surface area contributed by atoms with Gasteiger partial charge in [-0.3, -0.25) is 9.20 Å². The summed E-state index contributed by atoms with van der Waals surface area (Å²) in [6.45, 7) is 5.56. The van der Waals surface area contributed by atoms with Crippen LogP contribution in [0, 0.1) is 13.8 Å². The van der Waals surface area contributed by atoms with E-state index in [4.69, 9.17) is 4.98 Å². The number of rotatable bonds is 4. The number of carbonyl (C=O) groups is 1. The Morgan fingerprint density at radius 3 is 2.56 bits per heavy atom. The summed E-state index contributed by atoms with van der Waals surface area (Å²) >= 11 is 1.54. The van der Waals surface area contributed by atoms with Crippen LogP contribution in [0.2, 0.25) is 0 Å². The number of thiazole rings is 1. The molecule has 136 valence electrons. The van der Waals surface area contributed by atoms with E-state index in [2.05, 4.69) is 39.1 Å². The van der Waals surface area contributed by atoms with Gasteiger partial charge in [0.2, 0.25) is 5.91 Å². The Labute approximate surface area is 160 Å². The molecule has 0 bridgehead atoms. The molecular formula is C20H19N5OS. The van der Waals surface area contributed by atoms with Crippen molar-refractivity contribution in [1.29, 1.82) is 0 Å². The molecule has 0 aliphatic carbocycles. The van der Waals surface area contributed by atoms with Crippen LogP contribution in [0.25, 0.3) is 17.0 Å². The number of aromatic nitrogens is 3. The summed E-state index contributed by atoms with van der Waals surface area (Å²) in [6, 6.07) is 11.7. The summed E-state index contributed by atoms with van der Waals surface area (Å²) in [7, 11) is 0. The Kier molecular flexibility index (Phi) is 4.37. The number of hydrogen-bond acceptors (Lipinski definition) is 5. The van der Waals surface area contributed by atoms with Gasteiger partial charge in [0.1, 0.15) is 11.3 Å². The molecule has 0 saturated heterocycles. The number of amides is 1. The first-order valence-electron chi connectivity index (χ1n) is 8.55. The molecule has 0 atom stereocenters. The fourth-order valence-electron chi connectivity index (χ4n) is 2.98. The fraction of sp³-hybridized carbons (Fsp3) is 0.150. The average Bonchev–Trinajstić information content (AvgIpc) is 3.18. The van der Waals surface area contributed by atoms with Gasteiger partial charge in [-0.25, -0.2) is 9.97 Å². The quantitative estimate of drug-likeness (QED) is 0.537. The number of nitrogens with one attached hydrogen (secondary N) is 2. The number of benzene rings is 1. The van der Waals surface area contributed by atoms with Crippen molar-refractivity contribution in [3.8, 4) is 11.4 Å². The number of carbonyl (C=O) groups excluding carboxylic acids is 1. The molecular weight excluding hydrogens is 358 g/mol. The van der Waals surface area contributed by atoms with Crippen molar-refractivity contribution in [1.82, 2.24) is 14.4 Å². The van der Waals surface area contributed by atoms with Gasteiger partial charge >= 0.3 is 0 Å². The first kappa shape index (κ1) is 17.2. The lowest BCUT2D eigenvalue weighted by molar-refractivity contribution is -0.114. The van der Waals surface area contributed by atoms with Gasteiger partial charge in [-0.1, -0.05) is 0 Å². The van der Waals surface area contributed by atoms with Crippen molar-refractivity contribution < 1.29 is 4.79 Å². The van der Waals surface area contributed by atoms with Gasteiger partial charge in [-0.2, -0.15) is 0 Å². The zero-order valence-corrected chi connectivity index (χ0v) is 16.1. The minimum atomic E-state index is -0.0844. The first-order valence-corrected chi connectivity index (χ1v) is 9.43. The maximum Gasteiger partial charge on any atom is 0.221 e. The van der Waals surface area contributed by atoms with E-state index in [1.54, 1.807) is 11.3 Å². The second-order valence-corrected chi connectivity index (χ2v) is 7.26. The lowest BCUT2D eigenvalue weighted by atomic mass is 10.2. The molecule has 0 radical (unpaired) electrons. The molecule has 0 unspecified atom stereocenters. The lowest BCUT2D eigenvalue weighted by Crippen LogP contribution is -2.05. The van der Waals surface area contributed by atoms with Crippen molar-refractivity contribution in [3.05, 3.63) is 59.2 Å². The molecule has 0 aliphatic rings. The van der Waals surface area contributed by atoms with Crippen LogP contribution in [-0.4, -0.2) is 20.3 Å². The monoisotopic (exact) mass is 377 g/mol. The van der Waals surface area contributed by atoms with Gasteiger partial charge in [0.25, 0.3) is 0 Å². The highest BCUT2D eigenvalue weighted by atomic mass is 32.1. The minimum absolute atomic E-state index is 0.0844. The first-order chi connectivity index (χ1) is 13.0. The SMILES string of the molecule is CC(=O)Nc1ccc(Nc2nc(-c3c(C)nc4cc(C)ccn34)cs2)cc1. The number of imidazole rings is 1. The van der Waals surface area contributed by atoms with E-state index >= 15 is 0 Å². The summed E-state index contributed by atoms with van der Waals surface area (Å²) in [6.07, 6.45) is 2.03. The number of hydrogen-bond donors (Lipinski definition) is 2. The summed E-state index contributed by atoms with van der Waals surface area (Å²) < 4.78 is 2.07. The Morgan fingerprint density at radius 2 is 1.81 bits per heavy atom. The van der Waals surface area contributed by atoms with Crippen LogP contribution in [0.4, 0.5) is 16.5 Å². The number of aryl methyl sites for hydroxylation is 2. The third-order valence-corrected chi connectivity index (χ3v) is 4.92. The molecule has 1 amide bonds. The molecule has 2 N–H and O–H groups in total. The zero-order valence-electron chi connectivity index (χ0n) is 15.3. The van der Waals surface area contributed by atoms with E-state index in [1.165, 1.54) is 12.5 Å². The average molecular weight is 377 g/mol. The molecule has 3 aromatic heterocycles. The molecule has 0 fully saturated rings. The number of fused-ring (bicyclic) bond motifs is 1. The molecule has 0 saturated carbocycles. The van der Waals surface area contributed by atoms with Crippen molar-refractivity contribution in [2.45, 2.75) is 20.8 Å². The van der Waals surface area contributed by atoms with E-state index in [-0.39, 0.29) is 5.91 Å². The predicted octanol–water partition coefficient (Wildman–Crippen LogP) is 4.78. The smallest absolute Gasteiger partial charge is 0.221 e. The summed E-state index contributed by atoms with van der Waals surface area (Å²) in [5.74, 6) is -0.0844. The Morgan fingerprint density at radius 1 is 1.07 bits per heavy atom. The van der Waals surface area contributed by atoms with E-state index < -0.39 is 0 Å². The molecule has 3 heterocycles. The van der Waals surface area contributed by atoms with Gasteiger partial charge in [0, 0.05) is 29.9 Å². The number of pyridine rings is 1. The highest BCUT2D eigenvalue weighted by molar-refractivity contribution is 7.14. The number of nitrogens with zero attached hydrogens (tertiary/aromatic N) is 3. The van der Waals surface area contributed by atoms with Crippen LogP contribution in [0.15, 0.2) is 48.0 Å². The maximum atomic E-state index is 11.1. The molecule has 0 spiro atoms. The van der Waals surface area contributed by atoms with E-state index in [0.717, 1.165) is 39.2 Å². The third kappa shape index (κ3) is 3.54. The second-order valence-electron chi connectivity index (χ2n) is 6.40. The van der Waals surface area contributed by atoms with Crippen LogP contribution in [0.1, 0.15) is 18.2 Å². The highest BCUT2D eigenvalue weighted by Crippen LogP contribution is 2.30. The number of anilines is 3. The van der Waals surface area contributed by atoms with Gasteiger partial charge < -0.3 is 10.6 Å².